The first-order valence-corrected chi connectivity index (χ1v) is 8.74. The second-order valence-electron chi connectivity index (χ2n) is 6.47. The van der Waals surface area contributed by atoms with Crippen LogP contribution in [0, 0.1) is 16.0 Å². The smallest absolute Gasteiger partial charge is 0.287 e. The first-order valence-electron chi connectivity index (χ1n) is 7.98. The minimum absolute atomic E-state index is 0.00222. The Bertz CT molecular complexity index is 900. The number of piperidine rings is 1. The number of fused-ring (bicyclic) bond motifs is 3. The zero-order valence-electron chi connectivity index (χ0n) is 13.0. The van der Waals surface area contributed by atoms with Crippen molar-refractivity contribution in [1.29, 1.82) is 0 Å². The van der Waals surface area contributed by atoms with Crippen molar-refractivity contribution in [3.63, 3.8) is 0 Å². The molecule has 2 aliphatic rings. The van der Waals surface area contributed by atoms with Gasteiger partial charge in [-0.1, -0.05) is 35.3 Å². The summed E-state index contributed by atoms with van der Waals surface area (Å²) < 4.78 is 0. The number of halogens is 2. The second-order valence-corrected chi connectivity index (χ2v) is 7.31. The van der Waals surface area contributed by atoms with Crippen molar-refractivity contribution in [3.05, 3.63) is 73.2 Å². The summed E-state index contributed by atoms with van der Waals surface area (Å²) in [6, 6.07) is 10.5. The Morgan fingerprint density at radius 1 is 1.12 bits per heavy atom. The van der Waals surface area contributed by atoms with E-state index in [1.165, 1.54) is 6.07 Å². The zero-order chi connectivity index (χ0) is 17.7. The van der Waals surface area contributed by atoms with Gasteiger partial charge in [-0.05, 0) is 47.2 Å². The first kappa shape index (κ1) is 16.4. The van der Waals surface area contributed by atoms with Crippen molar-refractivity contribution < 1.29 is 9.72 Å². The molecule has 1 fully saturated rings. The Kier molecular flexibility index (Phi) is 3.93. The molecule has 1 heterocycles. The average molecular weight is 377 g/mol. The highest BCUT2D eigenvalue weighted by Crippen LogP contribution is 2.52. The van der Waals surface area contributed by atoms with Crippen molar-refractivity contribution in [2.24, 2.45) is 5.92 Å². The van der Waals surface area contributed by atoms with E-state index in [9.17, 15) is 14.9 Å². The molecular weight excluding hydrogens is 363 g/mol. The van der Waals surface area contributed by atoms with Gasteiger partial charge in [-0.3, -0.25) is 14.9 Å². The monoisotopic (exact) mass is 376 g/mol. The quantitative estimate of drug-likeness (QED) is 0.613. The number of nitro benzene ring substituents is 1. The topological polar surface area (TPSA) is 72.2 Å². The zero-order valence-corrected chi connectivity index (χ0v) is 14.6. The summed E-state index contributed by atoms with van der Waals surface area (Å²) in [5.41, 5.74) is 2.91. The maximum atomic E-state index is 11.9. The molecule has 1 N–H and O–H groups in total. The van der Waals surface area contributed by atoms with E-state index in [1.54, 1.807) is 12.1 Å². The fourth-order valence-electron chi connectivity index (χ4n) is 4.10. The lowest BCUT2D eigenvalue weighted by molar-refractivity contribution is -0.384. The predicted molar refractivity (Wildman–Crippen MR) is 95.0 cm³/mol. The molecule has 0 radical (unpaired) electrons. The molecule has 3 atom stereocenters. The lowest BCUT2D eigenvalue weighted by atomic mass is 9.80. The van der Waals surface area contributed by atoms with Crippen LogP contribution in [-0.4, -0.2) is 10.8 Å². The van der Waals surface area contributed by atoms with Crippen molar-refractivity contribution >= 4 is 34.8 Å². The molecular formula is C18H14Cl2N2O3. The van der Waals surface area contributed by atoms with E-state index in [1.807, 2.05) is 18.2 Å². The number of nitrogens with zero attached hydrogens (tertiary/aromatic N) is 1. The van der Waals surface area contributed by atoms with Crippen LogP contribution in [0.2, 0.25) is 10.0 Å². The molecule has 1 saturated heterocycles. The molecule has 2 aromatic carbocycles. The number of rotatable bonds is 2. The first-order chi connectivity index (χ1) is 12.0. The number of hydrogen-bond donors (Lipinski definition) is 1. The van der Waals surface area contributed by atoms with E-state index in [2.05, 4.69) is 5.32 Å². The van der Waals surface area contributed by atoms with Crippen LogP contribution in [-0.2, 0) is 4.79 Å². The maximum Gasteiger partial charge on any atom is 0.287 e. The van der Waals surface area contributed by atoms with Crippen LogP contribution >= 0.6 is 23.2 Å². The highest BCUT2D eigenvalue weighted by molar-refractivity contribution is 6.32. The summed E-state index contributed by atoms with van der Waals surface area (Å²) in [6.07, 6.45) is 1.22. The van der Waals surface area contributed by atoms with Gasteiger partial charge in [0.15, 0.2) is 0 Å². The third-order valence-corrected chi connectivity index (χ3v) is 5.66. The number of nitro groups is 1. The number of carbonyl (C=O) groups excluding carboxylic acids is 1. The van der Waals surface area contributed by atoms with Crippen LogP contribution in [0.25, 0.3) is 0 Å². The second kappa shape index (κ2) is 6.00. The van der Waals surface area contributed by atoms with Crippen molar-refractivity contribution in [2.75, 3.05) is 0 Å². The summed E-state index contributed by atoms with van der Waals surface area (Å²) in [6.45, 7) is 0. The van der Waals surface area contributed by atoms with Gasteiger partial charge in [0, 0.05) is 23.4 Å². The largest absolute Gasteiger partial charge is 0.349 e. The SMILES string of the molecule is O=C1CCC2C(N1)c1ccc(Cl)cc1C2c1ccc([N+](=O)[O-])c(Cl)c1. The molecule has 3 unspecified atom stereocenters. The van der Waals surface area contributed by atoms with Gasteiger partial charge in [0.25, 0.3) is 5.69 Å². The lowest BCUT2D eigenvalue weighted by Gasteiger charge is -2.30. The van der Waals surface area contributed by atoms with E-state index in [0.29, 0.717) is 11.4 Å². The molecule has 0 saturated carbocycles. The molecule has 0 aromatic heterocycles. The van der Waals surface area contributed by atoms with Gasteiger partial charge in [0.05, 0.1) is 11.0 Å². The molecule has 1 aliphatic carbocycles. The fraction of sp³-hybridized carbons (Fsp3) is 0.278. The Morgan fingerprint density at radius 3 is 2.64 bits per heavy atom. The number of benzene rings is 2. The number of hydrogen-bond acceptors (Lipinski definition) is 3. The van der Waals surface area contributed by atoms with Crippen molar-refractivity contribution in [3.8, 4) is 0 Å². The highest BCUT2D eigenvalue weighted by Gasteiger charge is 2.44. The van der Waals surface area contributed by atoms with Gasteiger partial charge >= 0.3 is 0 Å². The normalized spacial score (nSPS) is 24.4. The van der Waals surface area contributed by atoms with Gasteiger partial charge in [-0.25, -0.2) is 0 Å². The summed E-state index contributed by atoms with van der Waals surface area (Å²) in [7, 11) is 0. The van der Waals surface area contributed by atoms with Crippen LogP contribution in [0.5, 0.6) is 0 Å². The molecule has 0 bridgehead atoms. The van der Waals surface area contributed by atoms with Gasteiger partial charge in [-0.15, -0.1) is 0 Å². The lowest BCUT2D eigenvalue weighted by Crippen LogP contribution is -2.37. The molecule has 1 aliphatic heterocycles. The van der Waals surface area contributed by atoms with Crippen LogP contribution in [0.3, 0.4) is 0 Å². The molecule has 4 rings (SSSR count). The van der Waals surface area contributed by atoms with E-state index in [-0.39, 0.29) is 34.5 Å². The average Bonchev–Trinajstić information content (AvgIpc) is 2.87. The number of carbonyl (C=O) groups is 1. The van der Waals surface area contributed by atoms with E-state index in [0.717, 1.165) is 23.1 Å². The highest BCUT2D eigenvalue weighted by atomic mass is 35.5. The maximum absolute atomic E-state index is 11.9. The van der Waals surface area contributed by atoms with Crippen LogP contribution in [0.1, 0.15) is 41.5 Å². The summed E-state index contributed by atoms with van der Waals surface area (Å²) in [4.78, 5) is 22.4. The fourth-order valence-corrected chi connectivity index (χ4v) is 4.54. The number of nitrogens with one attached hydrogen (secondary N) is 1. The summed E-state index contributed by atoms with van der Waals surface area (Å²) >= 11 is 12.3. The standard InChI is InChI=1S/C18H14Cl2N2O3/c19-10-2-3-11-13(8-10)17(12-4-6-16(23)21-18(11)12)9-1-5-15(22(24)25)14(20)7-9/h1-3,5,7-8,12,17-18H,4,6H2,(H,21,23). The van der Waals surface area contributed by atoms with E-state index in [4.69, 9.17) is 23.2 Å². The summed E-state index contributed by atoms with van der Waals surface area (Å²) in [5, 5.41) is 14.8. The van der Waals surface area contributed by atoms with Crippen molar-refractivity contribution in [1.82, 2.24) is 5.32 Å². The van der Waals surface area contributed by atoms with Gasteiger partial charge in [0.1, 0.15) is 5.02 Å². The van der Waals surface area contributed by atoms with Crippen LogP contribution < -0.4 is 5.32 Å². The predicted octanol–water partition coefficient (Wildman–Crippen LogP) is 4.61. The molecule has 5 nitrogen and oxygen atoms in total. The molecule has 2 aromatic rings. The Morgan fingerprint density at radius 2 is 1.92 bits per heavy atom. The van der Waals surface area contributed by atoms with Crippen LogP contribution in [0.15, 0.2) is 36.4 Å². The van der Waals surface area contributed by atoms with Gasteiger partial charge in [0.2, 0.25) is 5.91 Å². The van der Waals surface area contributed by atoms with Gasteiger partial charge < -0.3 is 5.32 Å². The third-order valence-electron chi connectivity index (χ3n) is 5.12. The van der Waals surface area contributed by atoms with E-state index >= 15 is 0 Å². The molecule has 7 heteroatoms. The minimum atomic E-state index is -0.491. The molecule has 0 spiro atoms. The van der Waals surface area contributed by atoms with Gasteiger partial charge in [-0.2, -0.15) is 0 Å². The Labute approximate surface area is 154 Å². The third kappa shape index (κ3) is 2.68. The Hall–Kier alpha value is -2.11. The minimum Gasteiger partial charge on any atom is -0.349 e. The Balaban J connectivity index is 1.84. The summed E-state index contributed by atoms with van der Waals surface area (Å²) in [5.74, 6) is 0.228. The van der Waals surface area contributed by atoms with Crippen molar-refractivity contribution in [2.45, 2.75) is 24.8 Å². The van der Waals surface area contributed by atoms with E-state index < -0.39 is 4.92 Å². The molecule has 128 valence electrons. The molecule has 25 heavy (non-hydrogen) atoms. The van der Waals surface area contributed by atoms with Crippen LogP contribution in [0.4, 0.5) is 5.69 Å². The molecule has 1 amide bonds. The number of amides is 1.